The molecule has 0 unspecified atom stereocenters. The van der Waals surface area contributed by atoms with Gasteiger partial charge in [0, 0.05) is 63.3 Å². The number of hydrogen-bond acceptors (Lipinski definition) is 7. The van der Waals surface area contributed by atoms with Crippen LogP contribution in [0.1, 0.15) is 18.9 Å². The summed E-state index contributed by atoms with van der Waals surface area (Å²) in [5, 5.41) is 21.1. The number of nitrogens with one attached hydrogen (secondary N) is 1. The van der Waals surface area contributed by atoms with E-state index < -0.39 is 0 Å². The van der Waals surface area contributed by atoms with Crippen molar-refractivity contribution in [2.45, 2.75) is 13.3 Å². The molecule has 11 nitrogen and oxygen atoms in total. The third-order valence-electron chi connectivity index (χ3n) is 6.06. The first-order valence-corrected chi connectivity index (χ1v) is 11.6. The number of amides is 2. The third kappa shape index (κ3) is 4.38. The van der Waals surface area contributed by atoms with E-state index in [0.717, 1.165) is 23.4 Å². The molecule has 11 heteroatoms. The fourth-order valence-corrected chi connectivity index (χ4v) is 4.19. The molecule has 5 rings (SSSR count). The number of rotatable bonds is 5. The standard InChI is InChI=1S/C24H26N10O/c1-3-6-26-24(35)33-9-7-32(8-10-33)21-5-4-17(12-27-21)22-23-18(11-25)13-29-34(23)16-20(30-22)19-14-28-31(2)15-19/h4-5,12-16H,3,6-10H2,1-2H3,(H,26,35). The molecule has 0 saturated carbocycles. The zero-order chi connectivity index (χ0) is 24.4. The van der Waals surface area contributed by atoms with E-state index in [0.29, 0.717) is 55.2 Å². The molecular formula is C24H26N10O. The van der Waals surface area contributed by atoms with Crippen molar-refractivity contribution in [2.75, 3.05) is 37.6 Å². The second-order valence-electron chi connectivity index (χ2n) is 8.45. The maximum atomic E-state index is 12.2. The fraction of sp³-hybridized carbons (Fsp3) is 0.333. The van der Waals surface area contributed by atoms with E-state index in [1.165, 1.54) is 0 Å². The van der Waals surface area contributed by atoms with Crippen molar-refractivity contribution in [3.8, 4) is 28.6 Å². The smallest absolute Gasteiger partial charge is 0.317 e. The van der Waals surface area contributed by atoms with Gasteiger partial charge in [-0.2, -0.15) is 15.5 Å². The Morgan fingerprint density at radius 1 is 1.09 bits per heavy atom. The molecule has 0 radical (unpaired) electrons. The van der Waals surface area contributed by atoms with Crippen molar-refractivity contribution in [2.24, 2.45) is 7.05 Å². The first-order valence-electron chi connectivity index (χ1n) is 11.6. The van der Waals surface area contributed by atoms with Crippen LogP contribution in [0.3, 0.4) is 0 Å². The van der Waals surface area contributed by atoms with E-state index in [-0.39, 0.29) is 6.03 Å². The minimum Gasteiger partial charge on any atom is -0.353 e. The highest BCUT2D eigenvalue weighted by atomic mass is 16.2. The first-order chi connectivity index (χ1) is 17.1. The Morgan fingerprint density at radius 2 is 1.91 bits per heavy atom. The number of piperazine rings is 1. The van der Waals surface area contributed by atoms with Crippen LogP contribution in [0.2, 0.25) is 0 Å². The molecule has 4 aromatic rings. The zero-order valence-electron chi connectivity index (χ0n) is 19.7. The van der Waals surface area contributed by atoms with Crippen LogP contribution in [0.15, 0.2) is 43.1 Å². The summed E-state index contributed by atoms with van der Waals surface area (Å²) in [6.07, 6.45) is 9.68. The molecule has 1 fully saturated rings. The number of aryl methyl sites for hydroxylation is 1. The average Bonchev–Trinajstić information content (AvgIpc) is 3.53. The van der Waals surface area contributed by atoms with Gasteiger partial charge in [0.1, 0.15) is 23.0 Å². The minimum absolute atomic E-state index is 0.00694. The van der Waals surface area contributed by atoms with E-state index in [1.54, 1.807) is 34.0 Å². The molecule has 2 amide bonds. The van der Waals surface area contributed by atoms with Crippen LogP contribution in [-0.2, 0) is 7.05 Å². The Bertz CT molecular complexity index is 1390. The summed E-state index contributed by atoms with van der Waals surface area (Å²) < 4.78 is 3.40. The van der Waals surface area contributed by atoms with Crippen molar-refractivity contribution in [3.63, 3.8) is 0 Å². The molecule has 0 bridgehead atoms. The molecule has 5 heterocycles. The van der Waals surface area contributed by atoms with Crippen molar-refractivity contribution >= 4 is 17.4 Å². The van der Waals surface area contributed by atoms with Crippen LogP contribution >= 0.6 is 0 Å². The van der Waals surface area contributed by atoms with E-state index in [4.69, 9.17) is 4.98 Å². The molecule has 4 aromatic heterocycles. The summed E-state index contributed by atoms with van der Waals surface area (Å²) in [5.74, 6) is 0.843. The summed E-state index contributed by atoms with van der Waals surface area (Å²) >= 11 is 0. The van der Waals surface area contributed by atoms with E-state index in [9.17, 15) is 10.1 Å². The van der Waals surface area contributed by atoms with Gasteiger partial charge in [-0.25, -0.2) is 19.3 Å². The summed E-state index contributed by atoms with van der Waals surface area (Å²) in [7, 11) is 1.85. The number of nitriles is 1. The summed E-state index contributed by atoms with van der Waals surface area (Å²) in [5.41, 5.74) is 4.08. The van der Waals surface area contributed by atoms with Crippen molar-refractivity contribution in [3.05, 3.63) is 48.7 Å². The maximum absolute atomic E-state index is 12.2. The van der Waals surface area contributed by atoms with Gasteiger partial charge in [0.25, 0.3) is 0 Å². The second kappa shape index (κ2) is 9.42. The van der Waals surface area contributed by atoms with Crippen molar-refractivity contribution < 1.29 is 4.79 Å². The van der Waals surface area contributed by atoms with Gasteiger partial charge in [-0.1, -0.05) is 6.92 Å². The number of pyridine rings is 1. The normalized spacial score (nSPS) is 13.7. The van der Waals surface area contributed by atoms with Crippen LogP contribution in [0.25, 0.3) is 28.0 Å². The fourth-order valence-electron chi connectivity index (χ4n) is 4.19. The quantitative estimate of drug-likeness (QED) is 0.475. The Kier molecular flexibility index (Phi) is 6.01. The summed E-state index contributed by atoms with van der Waals surface area (Å²) in [4.78, 5) is 25.8. The molecule has 1 N–H and O–H groups in total. The van der Waals surface area contributed by atoms with Gasteiger partial charge in [-0.15, -0.1) is 0 Å². The molecule has 1 aliphatic heterocycles. The van der Waals surface area contributed by atoms with Gasteiger partial charge in [-0.05, 0) is 18.6 Å². The largest absolute Gasteiger partial charge is 0.353 e. The van der Waals surface area contributed by atoms with Gasteiger partial charge in [0.05, 0.1) is 30.0 Å². The lowest BCUT2D eigenvalue weighted by atomic mass is 10.1. The third-order valence-corrected chi connectivity index (χ3v) is 6.06. The number of aromatic nitrogens is 6. The molecule has 1 aliphatic rings. The van der Waals surface area contributed by atoms with Crippen LogP contribution in [0.5, 0.6) is 0 Å². The highest BCUT2D eigenvalue weighted by Crippen LogP contribution is 2.29. The second-order valence-corrected chi connectivity index (χ2v) is 8.45. The summed E-state index contributed by atoms with van der Waals surface area (Å²) in [6.45, 7) is 5.46. The molecule has 1 saturated heterocycles. The van der Waals surface area contributed by atoms with Crippen molar-refractivity contribution in [1.29, 1.82) is 5.26 Å². The van der Waals surface area contributed by atoms with E-state index in [1.807, 2.05) is 37.2 Å². The van der Waals surface area contributed by atoms with Crippen LogP contribution in [0.4, 0.5) is 10.6 Å². The highest BCUT2D eigenvalue weighted by molar-refractivity contribution is 5.83. The molecule has 35 heavy (non-hydrogen) atoms. The Morgan fingerprint density at radius 3 is 2.57 bits per heavy atom. The number of hydrogen-bond donors (Lipinski definition) is 1. The predicted molar refractivity (Wildman–Crippen MR) is 131 cm³/mol. The molecule has 0 spiro atoms. The van der Waals surface area contributed by atoms with Crippen molar-refractivity contribution in [1.82, 2.24) is 39.6 Å². The van der Waals surface area contributed by atoms with Crippen LogP contribution in [0, 0.1) is 11.3 Å². The molecule has 0 atom stereocenters. The molecule has 0 aliphatic carbocycles. The Balaban J connectivity index is 1.41. The molecule has 178 valence electrons. The van der Waals surface area contributed by atoms with Crippen LogP contribution in [-0.4, -0.2) is 73.0 Å². The lowest BCUT2D eigenvalue weighted by molar-refractivity contribution is 0.194. The van der Waals surface area contributed by atoms with Gasteiger partial charge in [-0.3, -0.25) is 4.68 Å². The Hall–Kier alpha value is -4.46. The number of carbonyl (C=O) groups excluding carboxylic acids is 1. The van der Waals surface area contributed by atoms with Gasteiger partial charge >= 0.3 is 6.03 Å². The SMILES string of the molecule is CCCNC(=O)N1CCN(c2ccc(-c3nc(-c4cnn(C)c4)cn4ncc(C#N)c34)cn2)CC1. The number of nitrogens with zero attached hydrogens (tertiary/aromatic N) is 9. The lowest BCUT2D eigenvalue weighted by Gasteiger charge is -2.35. The maximum Gasteiger partial charge on any atom is 0.317 e. The monoisotopic (exact) mass is 470 g/mol. The average molecular weight is 471 g/mol. The topological polar surface area (TPSA) is 120 Å². The zero-order valence-corrected chi connectivity index (χ0v) is 19.7. The first kappa shape index (κ1) is 22.3. The van der Waals surface area contributed by atoms with Crippen LogP contribution < -0.4 is 10.2 Å². The number of urea groups is 1. The lowest BCUT2D eigenvalue weighted by Crippen LogP contribution is -2.52. The molecular weight excluding hydrogens is 444 g/mol. The summed E-state index contributed by atoms with van der Waals surface area (Å²) in [6, 6.07) is 6.12. The minimum atomic E-state index is -0.00694. The predicted octanol–water partition coefficient (Wildman–Crippen LogP) is 2.31. The van der Waals surface area contributed by atoms with E-state index in [2.05, 4.69) is 31.5 Å². The van der Waals surface area contributed by atoms with Gasteiger partial charge in [0.2, 0.25) is 0 Å². The van der Waals surface area contributed by atoms with Gasteiger partial charge in [0.15, 0.2) is 0 Å². The molecule has 0 aromatic carbocycles. The number of fused-ring (bicyclic) bond motifs is 1. The van der Waals surface area contributed by atoms with Gasteiger partial charge < -0.3 is 15.1 Å². The Labute approximate surface area is 202 Å². The number of anilines is 1. The van der Waals surface area contributed by atoms with E-state index >= 15 is 0 Å². The number of carbonyl (C=O) groups is 1. The highest BCUT2D eigenvalue weighted by Gasteiger charge is 2.22.